The Morgan fingerprint density at radius 2 is 1.67 bits per heavy atom. The van der Waals surface area contributed by atoms with Gasteiger partial charge in [-0.2, -0.15) is 5.10 Å². The molecular formula is C26H23N5OS. The number of H-pyrrole nitrogens is 1. The summed E-state index contributed by atoms with van der Waals surface area (Å²) in [5, 5.41) is 7.84. The average molecular weight is 454 g/mol. The highest BCUT2D eigenvalue weighted by Crippen LogP contribution is 2.23. The lowest BCUT2D eigenvalue weighted by atomic mass is 10.1. The Morgan fingerprint density at radius 3 is 2.45 bits per heavy atom. The van der Waals surface area contributed by atoms with Gasteiger partial charge in [0.1, 0.15) is 5.82 Å². The molecule has 0 aliphatic rings. The normalized spacial score (nSPS) is 11.0. The van der Waals surface area contributed by atoms with Gasteiger partial charge in [0, 0.05) is 23.9 Å². The monoisotopic (exact) mass is 453 g/mol. The molecule has 0 aliphatic heterocycles. The van der Waals surface area contributed by atoms with Crippen molar-refractivity contribution >= 4 is 28.7 Å². The number of aromatic amines is 1. The van der Waals surface area contributed by atoms with Gasteiger partial charge in [0.15, 0.2) is 0 Å². The largest absolute Gasteiger partial charge is 0.351 e. The Labute approximate surface area is 196 Å². The first-order valence-electron chi connectivity index (χ1n) is 10.7. The smallest absolute Gasteiger partial charge is 0.230 e. The van der Waals surface area contributed by atoms with E-state index >= 15 is 0 Å². The lowest BCUT2D eigenvalue weighted by Gasteiger charge is -2.05. The Bertz CT molecular complexity index is 1330. The first-order chi connectivity index (χ1) is 16.3. The molecule has 5 rings (SSSR count). The molecule has 7 heteroatoms. The van der Waals surface area contributed by atoms with Crippen LogP contribution in [0, 0.1) is 0 Å². The SMILES string of the molecule is O=C(CSCc1nc2ccccc2[nH]1)NCc1cn(-c2ccccc2)nc1-c1ccccc1. The molecule has 2 heterocycles. The predicted molar refractivity (Wildman–Crippen MR) is 133 cm³/mol. The first kappa shape index (κ1) is 21.0. The van der Waals surface area contributed by atoms with Gasteiger partial charge >= 0.3 is 0 Å². The fraction of sp³-hybridized carbons (Fsp3) is 0.115. The first-order valence-corrected chi connectivity index (χ1v) is 11.9. The van der Waals surface area contributed by atoms with Crippen molar-refractivity contribution in [2.75, 3.05) is 5.75 Å². The highest BCUT2D eigenvalue weighted by atomic mass is 32.2. The second-order valence-electron chi connectivity index (χ2n) is 7.62. The molecule has 0 radical (unpaired) electrons. The number of carbonyl (C=O) groups excluding carboxylic acids is 1. The number of nitrogens with one attached hydrogen (secondary N) is 2. The average Bonchev–Trinajstić information content (AvgIpc) is 3.48. The van der Waals surface area contributed by atoms with Crippen LogP contribution in [0.4, 0.5) is 0 Å². The van der Waals surface area contributed by atoms with Gasteiger partial charge in [-0.15, -0.1) is 11.8 Å². The molecule has 1 amide bonds. The highest BCUT2D eigenvalue weighted by molar-refractivity contribution is 7.99. The molecule has 2 N–H and O–H groups in total. The Balaban J connectivity index is 1.23. The number of fused-ring (bicyclic) bond motifs is 1. The lowest BCUT2D eigenvalue weighted by Crippen LogP contribution is -2.24. The zero-order chi connectivity index (χ0) is 22.5. The number of hydrogen-bond acceptors (Lipinski definition) is 4. The standard InChI is InChI=1S/C26H23N5OS/c32-25(18-33-17-24-28-22-13-7-8-14-23(22)29-24)27-15-20-16-31(21-11-5-2-6-12-21)30-26(20)19-9-3-1-4-10-19/h1-14,16H,15,17-18H2,(H,27,32)(H,28,29). The molecule has 0 spiro atoms. The molecule has 0 bridgehead atoms. The van der Waals surface area contributed by atoms with E-state index in [1.807, 2.05) is 95.8 Å². The van der Waals surface area contributed by atoms with Crippen molar-refractivity contribution in [2.45, 2.75) is 12.3 Å². The van der Waals surface area contributed by atoms with Crippen LogP contribution in [-0.4, -0.2) is 31.4 Å². The molecule has 0 saturated carbocycles. The molecule has 2 aromatic heterocycles. The number of hydrogen-bond donors (Lipinski definition) is 2. The number of carbonyl (C=O) groups is 1. The molecule has 6 nitrogen and oxygen atoms in total. The Hall–Kier alpha value is -3.84. The number of nitrogens with zero attached hydrogens (tertiary/aromatic N) is 3. The summed E-state index contributed by atoms with van der Waals surface area (Å²) in [7, 11) is 0. The van der Waals surface area contributed by atoms with E-state index in [0.717, 1.165) is 39.4 Å². The maximum Gasteiger partial charge on any atom is 0.230 e. The van der Waals surface area contributed by atoms with Crippen LogP contribution in [-0.2, 0) is 17.1 Å². The predicted octanol–water partition coefficient (Wildman–Crippen LogP) is 4.97. The van der Waals surface area contributed by atoms with Gasteiger partial charge in [0.2, 0.25) is 5.91 Å². The quantitative estimate of drug-likeness (QED) is 0.348. The van der Waals surface area contributed by atoms with Crippen LogP contribution in [0.25, 0.3) is 28.0 Å². The number of imidazole rings is 1. The summed E-state index contributed by atoms with van der Waals surface area (Å²) in [6.07, 6.45) is 1.99. The van der Waals surface area contributed by atoms with Crippen molar-refractivity contribution in [3.63, 3.8) is 0 Å². The van der Waals surface area contributed by atoms with Crippen molar-refractivity contribution in [1.82, 2.24) is 25.1 Å². The van der Waals surface area contributed by atoms with E-state index in [9.17, 15) is 4.79 Å². The van der Waals surface area contributed by atoms with E-state index in [1.54, 1.807) is 11.8 Å². The minimum absolute atomic E-state index is 0.0115. The van der Waals surface area contributed by atoms with E-state index in [1.165, 1.54) is 0 Å². The van der Waals surface area contributed by atoms with Gasteiger partial charge in [-0.1, -0.05) is 60.7 Å². The van der Waals surface area contributed by atoms with Crippen molar-refractivity contribution in [3.05, 3.63) is 103 Å². The maximum atomic E-state index is 12.5. The molecule has 0 fully saturated rings. The van der Waals surface area contributed by atoms with Crippen LogP contribution < -0.4 is 5.32 Å². The third kappa shape index (κ3) is 4.99. The van der Waals surface area contributed by atoms with Crippen LogP contribution >= 0.6 is 11.8 Å². The topological polar surface area (TPSA) is 75.6 Å². The van der Waals surface area contributed by atoms with E-state index in [0.29, 0.717) is 18.1 Å². The summed E-state index contributed by atoms with van der Waals surface area (Å²) in [5.74, 6) is 1.89. The van der Waals surface area contributed by atoms with Gasteiger partial charge in [-0.3, -0.25) is 4.79 Å². The maximum absolute atomic E-state index is 12.5. The highest BCUT2D eigenvalue weighted by Gasteiger charge is 2.13. The molecular weight excluding hydrogens is 430 g/mol. The zero-order valence-electron chi connectivity index (χ0n) is 17.9. The summed E-state index contributed by atoms with van der Waals surface area (Å²) in [5.41, 5.74) is 5.81. The summed E-state index contributed by atoms with van der Waals surface area (Å²) < 4.78 is 1.86. The van der Waals surface area contributed by atoms with Gasteiger partial charge in [0.05, 0.1) is 33.9 Å². The van der Waals surface area contributed by atoms with E-state index in [2.05, 4.69) is 15.3 Å². The molecule has 3 aromatic carbocycles. The van der Waals surface area contributed by atoms with Crippen LogP contribution in [0.15, 0.2) is 91.1 Å². The number of aromatic nitrogens is 4. The molecule has 5 aromatic rings. The van der Waals surface area contributed by atoms with Crippen LogP contribution in [0.1, 0.15) is 11.4 Å². The van der Waals surface area contributed by atoms with Crippen LogP contribution in [0.2, 0.25) is 0 Å². The fourth-order valence-corrected chi connectivity index (χ4v) is 4.37. The summed E-state index contributed by atoms with van der Waals surface area (Å²) >= 11 is 1.54. The molecule has 0 unspecified atom stereocenters. The van der Waals surface area contributed by atoms with Gasteiger partial charge < -0.3 is 10.3 Å². The number of para-hydroxylation sites is 3. The van der Waals surface area contributed by atoms with E-state index < -0.39 is 0 Å². The van der Waals surface area contributed by atoms with Gasteiger partial charge in [0.25, 0.3) is 0 Å². The number of thioether (sulfide) groups is 1. The van der Waals surface area contributed by atoms with E-state index in [-0.39, 0.29) is 5.91 Å². The number of rotatable bonds is 8. The number of amides is 1. The second kappa shape index (κ2) is 9.75. The van der Waals surface area contributed by atoms with Gasteiger partial charge in [-0.05, 0) is 24.3 Å². The molecule has 164 valence electrons. The minimum Gasteiger partial charge on any atom is -0.351 e. The summed E-state index contributed by atoms with van der Waals surface area (Å²) in [6.45, 7) is 0.418. The van der Waals surface area contributed by atoms with Crippen LogP contribution in [0.3, 0.4) is 0 Å². The Morgan fingerprint density at radius 1 is 0.939 bits per heavy atom. The third-order valence-electron chi connectivity index (χ3n) is 5.24. The van der Waals surface area contributed by atoms with Gasteiger partial charge in [-0.25, -0.2) is 9.67 Å². The minimum atomic E-state index is -0.0115. The van der Waals surface area contributed by atoms with Crippen molar-refractivity contribution in [1.29, 1.82) is 0 Å². The molecule has 33 heavy (non-hydrogen) atoms. The lowest BCUT2D eigenvalue weighted by molar-refractivity contribution is -0.118. The molecule has 0 saturated heterocycles. The zero-order valence-corrected chi connectivity index (χ0v) is 18.8. The number of benzene rings is 3. The second-order valence-corrected chi connectivity index (χ2v) is 8.60. The van der Waals surface area contributed by atoms with Crippen molar-refractivity contribution in [2.24, 2.45) is 0 Å². The van der Waals surface area contributed by atoms with Crippen molar-refractivity contribution < 1.29 is 4.79 Å². The van der Waals surface area contributed by atoms with E-state index in [4.69, 9.17) is 5.10 Å². The third-order valence-corrected chi connectivity index (χ3v) is 6.19. The Kier molecular flexibility index (Phi) is 6.21. The summed E-state index contributed by atoms with van der Waals surface area (Å²) in [6, 6.07) is 28.0. The van der Waals surface area contributed by atoms with Crippen molar-refractivity contribution in [3.8, 4) is 16.9 Å². The molecule has 0 aliphatic carbocycles. The fourth-order valence-electron chi connectivity index (χ4n) is 3.65. The molecule has 0 atom stereocenters. The van der Waals surface area contributed by atoms with Crippen LogP contribution in [0.5, 0.6) is 0 Å². The summed E-state index contributed by atoms with van der Waals surface area (Å²) in [4.78, 5) is 20.4.